The minimum atomic E-state index is 0.230. The Labute approximate surface area is 277 Å². The Hall–Kier alpha value is -4.56. The third kappa shape index (κ3) is 3.97. The van der Waals surface area contributed by atoms with Gasteiger partial charge in [0.1, 0.15) is 0 Å². The van der Waals surface area contributed by atoms with E-state index in [0.29, 0.717) is 6.04 Å². The standard InChI is InChI=1S/C45H42N2/c1-45(2)39-17-9-6-14-33(39)36-28-32(22-23-40(36)45)47-42-19-11-8-16-35(42)38-27-30(21-25-44(38)47)29-20-24-43-37(26-29)34-15-7-10-18-41(34)46(43)31-12-4-3-5-13-31/h3-4,6-8,10,12,14-16,18,20-21,24-27,32H,5,9,11,13,17,19,22-23,28H2,1-2H3. The molecule has 10 rings (SSSR count). The molecule has 1 atom stereocenters. The van der Waals surface area contributed by atoms with Gasteiger partial charge in [0.25, 0.3) is 0 Å². The number of rotatable bonds is 3. The zero-order valence-corrected chi connectivity index (χ0v) is 27.7. The fraction of sp³-hybridized carbons (Fsp3) is 0.289. The monoisotopic (exact) mass is 610 g/mol. The van der Waals surface area contributed by atoms with Crippen molar-refractivity contribution in [2.24, 2.45) is 5.41 Å². The van der Waals surface area contributed by atoms with Gasteiger partial charge in [-0.3, -0.25) is 0 Å². The van der Waals surface area contributed by atoms with Crippen molar-refractivity contribution in [3.8, 4) is 11.1 Å². The van der Waals surface area contributed by atoms with E-state index in [0.717, 1.165) is 32.1 Å². The van der Waals surface area contributed by atoms with Gasteiger partial charge in [0, 0.05) is 50.1 Å². The van der Waals surface area contributed by atoms with Crippen molar-refractivity contribution in [2.75, 3.05) is 0 Å². The fourth-order valence-electron chi connectivity index (χ4n) is 9.97. The van der Waals surface area contributed by atoms with Crippen LogP contribution < -0.4 is 0 Å². The Morgan fingerprint density at radius 1 is 0.681 bits per heavy atom. The quantitative estimate of drug-likeness (QED) is 0.192. The van der Waals surface area contributed by atoms with Crippen molar-refractivity contribution in [3.63, 3.8) is 0 Å². The van der Waals surface area contributed by atoms with Crippen molar-refractivity contribution >= 4 is 44.5 Å². The zero-order valence-electron chi connectivity index (χ0n) is 27.7. The highest BCUT2D eigenvalue weighted by Crippen LogP contribution is 2.57. The number of para-hydroxylation sites is 1. The summed E-state index contributed by atoms with van der Waals surface area (Å²) in [5.41, 5.74) is 17.9. The molecule has 0 amide bonds. The smallest absolute Gasteiger partial charge is 0.0538 e. The van der Waals surface area contributed by atoms with Gasteiger partial charge in [-0.1, -0.05) is 91.8 Å². The predicted octanol–water partition coefficient (Wildman–Crippen LogP) is 12.3. The molecule has 2 heteroatoms. The lowest BCUT2D eigenvalue weighted by molar-refractivity contribution is 0.408. The van der Waals surface area contributed by atoms with E-state index < -0.39 is 0 Å². The molecule has 0 N–H and O–H groups in total. The van der Waals surface area contributed by atoms with Gasteiger partial charge in [-0.2, -0.15) is 0 Å². The lowest BCUT2D eigenvalue weighted by atomic mass is 9.74. The van der Waals surface area contributed by atoms with E-state index in [-0.39, 0.29) is 5.41 Å². The molecule has 0 saturated carbocycles. The maximum atomic E-state index is 2.78. The molecule has 5 aliphatic carbocycles. The zero-order chi connectivity index (χ0) is 31.3. The second-order valence-electron chi connectivity index (χ2n) is 14.9. The molecule has 1 unspecified atom stereocenters. The first-order valence-corrected chi connectivity index (χ1v) is 17.9. The van der Waals surface area contributed by atoms with Gasteiger partial charge in [0.05, 0.1) is 11.0 Å². The fourth-order valence-corrected chi connectivity index (χ4v) is 9.97. The van der Waals surface area contributed by atoms with Crippen molar-refractivity contribution in [1.29, 1.82) is 0 Å². The minimum Gasteiger partial charge on any atom is -0.341 e. The Morgan fingerprint density at radius 3 is 2.32 bits per heavy atom. The van der Waals surface area contributed by atoms with Crippen LogP contribution in [0.4, 0.5) is 0 Å². The van der Waals surface area contributed by atoms with E-state index in [1.54, 1.807) is 28.0 Å². The van der Waals surface area contributed by atoms with Gasteiger partial charge in [-0.05, 0) is 116 Å². The molecule has 0 bridgehead atoms. The Morgan fingerprint density at radius 2 is 1.45 bits per heavy atom. The lowest BCUT2D eigenvalue weighted by Gasteiger charge is -2.33. The summed E-state index contributed by atoms with van der Waals surface area (Å²) in [6.07, 6.45) is 26.9. The number of nitrogens with zero attached hydrogens (tertiary/aromatic N) is 2. The first-order valence-electron chi connectivity index (χ1n) is 17.9. The highest BCUT2D eigenvalue weighted by molar-refractivity contribution is 6.11. The van der Waals surface area contributed by atoms with Crippen LogP contribution in [0.2, 0.25) is 0 Å². The van der Waals surface area contributed by atoms with Crippen molar-refractivity contribution < 1.29 is 0 Å². The highest BCUT2D eigenvalue weighted by Gasteiger charge is 2.42. The van der Waals surface area contributed by atoms with Crippen molar-refractivity contribution in [2.45, 2.75) is 77.7 Å². The summed E-state index contributed by atoms with van der Waals surface area (Å²) in [5.74, 6) is 0. The van der Waals surface area contributed by atoms with Crippen LogP contribution >= 0.6 is 0 Å². The number of fused-ring (bicyclic) bond motifs is 7. The average Bonchev–Trinajstić information content (AvgIpc) is 3.71. The van der Waals surface area contributed by atoms with E-state index >= 15 is 0 Å². The molecule has 232 valence electrons. The first-order chi connectivity index (χ1) is 23.1. The van der Waals surface area contributed by atoms with Crippen LogP contribution in [-0.2, 0) is 6.42 Å². The van der Waals surface area contributed by atoms with Crippen LogP contribution in [0.15, 0.2) is 119 Å². The summed E-state index contributed by atoms with van der Waals surface area (Å²) in [6, 6.07) is 23.9. The summed E-state index contributed by atoms with van der Waals surface area (Å²) in [4.78, 5) is 0. The van der Waals surface area contributed by atoms with Crippen molar-refractivity contribution in [1.82, 2.24) is 9.13 Å². The molecule has 2 heterocycles. The second-order valence-corrected chi connectivity index (χ2v) is 14.9. The van der Waals surface area contributed by atoms with Crippen LogP contribution in [0.3, 0.4) is 0 Å². The van der Waals surface area contributed by atoms with Crippen LogP contribution in [0.25, 0.3) is 55.6 Å². The molecule has 5 aliphatic rings. The molecule has 5 aromatic rings. The van der Waals surface area contributed by atoms with Crippen LogP contribution in [0, 0.1) is 5.41 Å². The third-order valence-electron chi connectivity index (χ3n) is 12.2. The molecule has 0 saturated heterocycles. The predicted molar refractivity (Wildman–Crippen MR) is 199 cm³/mol. The summed E-state index contributed by atoms with van der Waals surface area (Å²) in [6.45, 7) is 4.98. The van der Waals surface area contributed by atoms with Crippen molar-refractivity contribution in [3.05, 3.63) is 131 Å². The van der Waals surface area contributed by atoms with Crippen LogP contribution in [-0.4, -0.2) is 9.13 Å². The Kier molecular flexibility index (Phi) is 5.99. The molecule has 0 fully saturated rings. The van der Waals surface area contributed by atoms with E-state index in [1.165, 1.54) is 80.8 Å². The number of hydrogen-bond acceptors (Lipinski definition) is 0. The highest BCUT2D eigenvalue weighted by atomic mass is 15.0. The maximum Gasteiger partial charge on any atom is 0.0538 e. The van der Waals surface area contributed by atoms with Gasteiger partial charge in [-0.25, -0.2) is 0 Å². The summed E-state index contributed by atoms with van der Waals surface area (Å²) in [7, 11) is 0. The van der Waals surface area contributed by atoms with Crippen LogP contribution in [0.1, 0.15) is 82.5 Å². The third-order valence-corrected chi connectivity index (χ3v) is 12.2. The van der Waals surface area contributed by atoms with Gasteiger partial charge in [-0.15, -0.1) is 0 Å². The molecule has 47 heavy (non-hydrogen) atoms. The minimum absolute atomic E-state index is 0.230. The van der Waals surface area contributed by atoms with E-state index in [2.05, 4.69) is 126 Å². The number of aromatic nitrogens is 2. The molecule has 0 radical (unpaired) electrons. The average molecular weight is 611 g/mol. The number of benzene rings is 3. The SMILES string of the molecule is CC1(C)C2=C(C=CCC2)C2=C1CCC(n1c3c(c4cc(-c5ccc6c(c5)c5ccccc5n6C5=CC=CCC5)ccc41)C=CCC3)C2. The van der Waals surface area contributed by atoms with Crippen LogP contribution in [0.5, 0.6) is 0 Å². The largest absolute Gasteiger partial charge is 0.341 e. The first kappa shape index (κ1) is 27.5. The normalized spacial score (nSPS) is 21.6. The van der Waals surface area contributed by atoms with Gasteiger partial charge >= 0.3 is 0 Å². The molecular weight excluding hydrogens is 569 g/mol. The molecule has 3 aromatic carbocycles. The van der Waals surface area contributed by atoms with Gasteiger partial charge < -0.3 is 9.13 Å². The number of allylic oxidation sites excluding steroid dienone is 11. The molecule has 2 nitrogen and oxygen atoms in total. The lowest BCUT2D eigenvalue weighted by Crippen LogP contribution is -2.21. The van der Waals surface area contributed by atoms with E-state index in [1.807, 2.05) is 0 Å². The summed E-state index contributed by atoms with van der Waals surface area (Å²) in [5, 5.41) is 4.09. The molecular formula is C45H42N2. The summed E-state index contributed by atoms with van der Waals surface area (Å²) >= 11 is 0. The maximum absolute atomic E-state index is 2.78. The van der Waals surface area contributed by atoms with E-state index in [9.17, 15) is 0 Å². The number of hydrogen-bond donors (Lipinski definition) is 0. The molecule has 0 aliphatic heterocycles. The Balaban J connectivity index is 1.09. The van der Waals surface area contributed by atoms with E-state index in [4.69, 9.17) is 0 Å². The van der Waals surface area contributed by atoms with Gasteiger partial charge in [0.2, 0.25) is 0 Å². The topological polar surface area (TPSA) is 9.86 Å². The Bertz CT molecular complexity index is 2350. The molecule has 0 spiro atoms. The van der Waals surface area contributed by atoms with Gasteiger partial charge in [0.15, 0.2) is 0 Å². The second kappa shape index (κ2) is 10.2. The molecule has 2 aromatic heterocycles. The summed E-state index contributed by atoms with van der Waals surface area (Å²) < 4.78 is 5.27.